The van der Waals surface area contributed by atoms with Crippen molar-refractivity contribution >= 4 is 15.9 Å². The summed E-state index contributed by atoms with van der Waals surface area (Å²) in [5.74, 6) is 0.00849. The quantitative estimate of drug-likeness (QED) is 0.685. The topological polar surface area (TPSA) is 84.9 Å². The van der Waals surface area contributed by atoms with Crippen LogP contribution in [-0.2, 0) is 32.5 Å². The van der Waals surface area contributed by atoms with Crippen molar-refractivity contribution in [1.82, 2.24) is 9.62 Å². The van der Waals surface area contributed by atoms with Crippen LogP contribution in [0.1, 0.15) is 17.5 Å². The lowest BCUT2D eigenvalue weighted by Gasteiger charge is -2.26. The maximum atomic E-state index is 12.9. The molecule has 1 aliphatic heterocycles. The Balaban J connectivity index is 1.65. The number of carbonyl (C=O) groups is 1. The molecule has 30 heavy (non-hydrogen) atoms. The molecule has 0 aliphatic carbocycles. The third-order valence-electron chi connectivity index (χ3n) is 4.88. The highest BCUT2D eigenvalue weighted by Gasteiger charge is 2.27. The van der Waals surface area contributed by atoms with Crippen molar-refractivity contribution in [3.05, 3.63) is 59.4 Å². The first-order chi connectivity index (χ1) is 14.4. The fourth-order valence-electron chi connectivity index (χ4n) is 3.19. The smallest absolute Gasteiger partial charge is 0.243 e. The van der Waals surface area contributed by atoms with Gasteiger partial charge in [-0.2, -0.15) is 4.31 Å². The van der Waals surface area contributed by atoms with E-state index >= 15 is 0 Å². The largest absolute Gasteiger partial charge is 0.496 e. The predicted molar refractivity (Wildman–Crippen MR) is 109 cm³/mol. The Hall–Kier alpha value is -2.49. The number of methoxy groups -OCH3 is 1. The summed E-state index contributed by atoms with van der Waals surface area (Å²) in [5.41, 5.74) is 1.43. The number of rotatable bonds is 8. The molecule has 1 aliphatic rings. The minimum absolute atomic E-state index is 0.165. The van der Waals surface area contributed by atoms with Gasteiger partial charge in [-0.05, 0) is 47.9 Å². The van der Waals surface area contributed by atoms with Crippen LogP contribution in [0.2, 0.25) is 0 Å². The van der Waals surface area contributed by atoms with Crippen molar-refractivity contribution in [3.8, 4) is 5.75 Å². The number of benzene rings is 2. The molecule has 162 valence electrons. The van der Waals surface area contributed by atoms with E-state index in [4.69, 9.17) is 9.47 Å². The Morgan fingerprint density at radius 1 is 1.17 bits per heavy atom. The number of nitrogens with one attached hydrogen (secondary N) is 1. The second-order valence-corrected chi connectivity index (χ2v) is 8.83. The van der Waals surface area contributed by atoms with Crippen molar-refractivity contribution < 1.29 is 27.1 Å². The average molecular weight is 437 g/mol. The van der Waals surface area contributed by atoms with E-state index in [1.54, 1.807) is 24.3 Å². The highest BCUT2D eigenvalue weighted by atomic mass is 32.2. The summed E-state index contributed by atoms with van der Waals surface area (Å²) in [4.78, 5) is 12.4. The molecule has 1 fully saturated rings. The lowest BCUT2D eigenvalue weighted by atomic mass is 10.1. The Labute approximate surface area is 175 Å². The lowest BCUT2D eigenvalue weighted by Crippen LogP contribution is -2.40. The van der Waals surface area contributed by atoms with E-state index in [1.165, 1.54) is 29.6 Å². The lowest BCUT2D eigenvalue weighted by molar-refractivity contribution is -0.121. The molecule has 0 radical (unpaired) electrons. The highest BCUT2D eigenvalue weighted by Crippen LogP contribution is 2.26. The van der Waals surface area contributed by atoms with Gasteiger partial charge in [-0.1, -0.05) is 12.1 Å². The molecule has 0 aromatic heterocycles. The van der Waals surface area contributed by atoms with Crippen molar-refractivity contribution in [3.63, 3.8) is 0 Å². The van der Waals surface area contributed by atoms with Crippen molar-refractivity contribution in [2.75, 3.05) is 33.4 Å². The monoisotopic (exact) mass is 436 g/mol. The molecule has 7 nitrogen and oxygen atoms in total. The van der Waals surface area contributed by atoms with Gasteiger partial charge in [0.25, 0.3) is 0 Å². The van der Waals surface area contributed by atoms with E-state index in [0.29, 0.717) is 50.6 Å². The summed E-state index contributed by atoms with van der Waals surface area (Å²) >= 11 is 0. The number of hydrogen-bond donors (Lipinski definition) is 1. The maximum Gasteiger partial charge on any atom is 0.243 e. The van der Waals surface area contributed by atoms with E-state index in [-0.39, 0.29) is 23.0 Å². The summed E-state index contributed by atoms with van der Waals surface area (Å²) in [6, 6.07) is 10.6. The standard InChI is InChI=1S/C21H25FN2O5S/c1-28-20-8-7-19(30(26,27)24-10-12-29-13-11-24)14-17(20)4-9-21(25)23-15-16-2-5-18(22)6-3-16/h2-3,5-8,14H,4,9-13,15H2,1H3,(H,23,25). The molecule has 1 heterocycles. The predicted octanol–water partition coefficient (Wildman–Crippen LogP) is 2.10. The normalized spacial score (nSPS) is 15.0. The summed E-state index contributed by atoms with van der Waals surface area (Å²) in [5, 5.41) is 2.78. The SMILES string of the molecule is COc1ccc(S(=O)(=O)N2CCOCC2)cc1CCC(=O)NCc1ccc(F)cc1. The molecule has 9 heteroatoms. The molecular weight excluding hydrogens is 411 g/mol. The summed E-state index contributed by atoms with van der Waals surface area (Å²) in [6.07, 6.45) is 0.490. The maximum absolute atomic E-state index is 12.9. The molecule has 1 saturated heterocycles. The number of nitrogens with zero attached hydrogens (tertiary/aromatic N) is 1. The van der Waals surface area contributed by atoms with Gasteiger partial charge in [0, 0.05) is 26.1 Å². The molecule has 0 bridgehead atoms. The van der Waals surface area contributed by atoms with Crippen LogP contribution in [-0.4, -0.2) is 52.0 Å². The first kappa shape index (κ1) is 22.2. The molecule has 1 N–H and O–H groups in total. The zero-order valence-electron chi connectivity index (χ0n) is 16.8. The van der Waals surface area contributed by atoms with Gasteiger partial charge >= 0.3 is 0 Å². The third-order valence-corrected chi connectivity index (χ3v) is 6.78. The molecule has 0 saturated carbocycles. The van der Waals surface area contributed by atoms with Crippen LogP contribution in [0.5, 0.6) is 5.75 Å². The van der Waals surface area contributed by atoms with E-state index in [0.717, 1.165) is 5.56 Å². The van der Waals surface area contributed by atoms with Crippen molar-refractivity contribution in [2.45, 2.75) is 24.3 Å². The minimum atomic E-state index is -3.63. The number of carbonyl (C=O) groups excluding carboxylic acids is 1. The van der Waals surface area contributed by atoms with Gasteiger partial charge in [0.1, 0.15) is 11.6 Å². The summed E-state index contributed by atoms with van der Waals surface area (Å²) in [6.45, 7) is 1.67. The van der Waals surface area contributed by atoms with Gasteiger partial charge in [-0.15, -0.1) is 0 Å². The second-order valence-electron chi connectivity index (χ2n) is 6.89. The molecule has 0 unspecified atom stereocenters. The molecule has 0 spiro atoms. The number of hydrogen-bond acceptors (Lipinski definition) is 5. The Morgan fingerprint density at radius 2 is 1.87 bits per heavy atom. The van der Waals surface area contributed by atoms with Crippen LogP contribution in [0.3, 0.4) is 0 Å². The van der Waals surface area contributed by atoms with Crippen LogP contribution < -0.4 is 10.1 Å². The number of amides is 1. The first-order valence-electron chi connectivity index (χ1n) is 9.66. The van der Waals surface area contributed by atoms with Gasteiger partial charge < -0.3 is 14.8 Å². The fraction of sp³-hybridized carbons (Fsp3) is 0.381. The Bertz CT molecular complexity index is 973. The van der Waals surface area contributed by atoms with E-state index in [9.17, 15) is 17.6 Å². The molecule has 3 rings (SSSR count). The second kappa shape index (κ2) is 10.0. The highest BCUT2D eigenvalue weighted by molar-refractivity contribution is 7.89. The van der Waals surface area contributed by atoms with Crippen LogP contribution in [0.25, 0.3) is 0 Å². The van der Waals surface area contributed by atoms with Crippen LogP contribution in [0.4, 0.5) is 4.39 Å². The van der Waals surface area contributed by atoms with Crippen LogP contribution in [0.15, 0.2) is 47.4 Å². The summed E-state index contributed by atoms with van der Waals surface area (Å²) in [7, 11) is -2.13. The molecule has 1 amide bonds. The number of halogens is 1. The molecular formula is C21H25FN2O5S. The van der Waals surface area contributed by atoms with Crippen LogP contribution in [0, 0.1) is 5.82 Å². The van der Waals surface area contributed by atoms with Gasteiger partial charge in [0.15, 0.2) is 0 Å². The zero-order chi connectivity index (χ0) is 21.6. The molecule has 2 aromatic rings. The number of morpholine rings is 1. The number of ether oxygens (including phenoxy) is 2. The molecule has 2 aromatic carbocycles. The van der Waals surface area contributed by atoms with Crippen molar-refractivity contribution in [2.24, 2.45) is 0 Å². The third kappa shape index (κ3) is 5.56. The number of sulfonamides is 1. The van der Waals surface area contributed by atoms with Gasteiger partial charge in [0.05, 0.1) is 25.2 Å². The minimum Gasteiger partial charge on any atom is -0.496 e. The average Bonchev–Trinajstić information content (AvgIpc) is 2.77. The molecule has 0 atom stereocenters. The fourth-order valence-corrected chi connectivity index (χ4v) is 4.65. The van der Waals surface area contributed by atoms with E-state index < -0.39 is 10.0 Å². The van der Waals surface area contributed by atoms with Crippen LogP contribution >= 0.6 is 0 Å². The van der Waals surface area contributed by atoms with E-state index in [2.05, 4.69) is 5.32 Å². The summed E-state index contributed by atoms with van der Waals surface area (Å²) < 4.78 is 50.7. The van der Waals surface area contributed by atoms with Crippen molar-refractivity contribution in [1.29, 1.82) is 0 Å². The van der Waals surface area contributed by atoms with Gasteiger partial charge in [-0.3, -0.25) is 4.79 Å². The Morgan fingerprint density at radius 3 is 2.53 bits per heavy atom. The van der Waals surface area contributed by atoms with Gasteiger partial charge in [-0.25, -0.2) is 12.8 Å². The van der Waals surface area contributed by atoms with Gasteiger partial charge in [0.2, 0.25) is 15.9 Å². The zero-order valence-corrected chi connectivity index (χ0v) is 17.6. The Kier molecular flexibility index (Phi) is 7.41. The van der Waals surface area contributed by atoms with E-state index in [1.807, 2.05) is 0 Å². The first-order valence-corrected chi connectivity index (χ1v) is 11.1. The number of aryl methyl sites for hydroxylation is 1.